The number of amides is 1. The second-order valence-electron chi connectivity index (χ2n) is 7.23. The van der Waals surface area contributed by atoms with Crippen molar-refractivity contribution >= 4 is 39.2 Å². The number of nitrogens with zero attached hydrogens (tertiary/aromatic N) is 3. The zero-order valence-electron chi connectivity index (χ0n) is 16.0. The predicted molar refractivity (Wildman–Crippen MR) is 116 cm³/mol. The van der Waals surface area contributed by atoms with E-state index in [-0.39, 0.29) is 29.3 Å². The maximum atomic E-state index is 13.1. The zero-order valence-corrected chi connectivity index (χ0v) is 17.6. The van der Waals surface area contributed by atoms with Gasteiger partial charge >= 0.3 is 0 Å². The van der Waals surface area contributed by atoms with Crippen LogP contribution in [-0.4, -0.2) is 38.2 Å². The molecule has 146 valence electrons. The van der Waals surface area contributed by atoms with E-state index < -0.39 is 0 Å². The third-order valence-electron chi connectivity index (χ3n) is 5.29. The number of piperidine rings is 1. The first kappa shape index (κ1) is 19.2. The molecule has 28 heavy (non-hydrogen) atoms. The largest absolute Gasteiger partial charge is 0.337 e. The highest BCUT2D eigenvalue weighted by atomic mass is 32.2. The van der Waals surface area contributed by atoms with Gasteiger partial charge in [-0.3, -0.25) is 14.2 Å². The molecular weight excluding hydrogens is 390 g/mol. The average Bonchev–Trinajstić information content (AvgIpc) is 3.16. The standard InChI is InChI=1S/C21H23N3O2S2/c1-14-7-6-8-15(2)23(14)18(25)13-28-21-22-19-17(11-12-27-19)20(26)24(21)16-9-4-3-5-10-16/h3-5,9-12,14-15H,6-8,13H2,1-2H3/t14-,15-/m0/s1. The van der Waals surface area contributed by atoms with Crippen molar-refractivity contribution in [2.24, 2.45) is 0 Å². The van der Waals surface area contributed by atoms with Gasteiger partial charge in [-0.1, -0.05) is 30.0 Å². The number of aromatic nitrogens is 2. The minimum atomic E-state index is -0.0906. The Labute approximate surface area is 172 Å². The third kappa shape index (κ3) is 3.61. The molecule has 0 unspecified atom stereocenters. The lowest BCUT2D eigenvalue weighted by Crippen LogP contribution is -2.48. The quantitative estimate of drug-likeness (QED) is 0.472. The van der Waals surface area contributed by atoms with Crippen LogP contribution in [-0.2, 0) is 4.79 Å². The number of thiophene rings is 1. The summed E-state index contributed by atoms with van der Waals surface area (Å²) in [6.45, 7) is 4.24. The SMILES string of the molecule is C[C@H]1CCC[C@H](C)N1C(=O)CSc1nc2sccc2c(=O)n1-c1ccccc1. The van der Waals surface area contributed by atoms with Crippen molar-refractivity contribution in [3.8, 4) is 5.69 Å². The van der Waals surface area contributed by atoms with Gasteiger partial charge in [-0.25, -0.2) is 4.98 Å². The van der Waals surface area contributed by atoms with Crippen LogP contribution >= 0.6 is 23.1 Å². The molecule has 1 aliphatic rings. The number of thioether (sulfide) groups is 1. The smallest absolute Gasteiger partial charge is 0.267 e. The molecule has 3 aromatic rings. The Balaban J connectivity index is 1.66. The number of likely N-dealkylation sites (tertiary alicyclic amines) is 1. The molecule has 5 nitrogen and oxygen atoms in total. The van der Waals surface area contributed by atoms with Gasteiger partial charge < -0.3 is 4.90 Å². The van der Waals surface area contributed by atoms with Crippen LogP contribution in [0.4, 0.5) is 0 Å². The lowest BCUT2D eigenvalue weighted by Gasteiger charge is -2.39. The topological polar surface area (TPSA) is 55.2 Å². The fraction of sp³-hybridized carbons (Fsp3) is 0.381. The maximum Gasteiger partial charge on any atom is 0.267 e. The molecule has 2 atom stereocenters. The molecule has 1 aliphatic heterocycles. The van der Waals surface area contributed by atoms with Gasteiger partial charge in [0.1, 0.15) is 4.83 Å². The molecule has 3 heterocycles. The van der Waals surface area contributed by atoms with E-state index >= 15 is 0 Å². The molecule has 1 aromatic carbocycles. The fourth-order valence-electron chi connectivity index (χ4n) is 3.91. The molecule has 0 spiro atoms. The van der Waals surface area contributed by atoms with Gasteiger partial charge in [-0.05, 0) is 56.7 Å². The summed E-state index contributed by atoms with van der Waals surface area (Å²) in [6, 6.07) is 11.8. The Morgan fingerprint density at radius 2 is 1.89 bits per heavy atom. The first-order valence-electron chi connectivity index (χ1n) is 9.56. The first-order valence-corrected chi connectivity index (χ1v) is 11.4. The van der Waals surface area contributed by atoms with Crippen LogP contribution in [0.1, 0.15) is 33.1 Å². The Bertz CT molecular complexity index is 1030. The van der Waals surface area contributed by atoms with Crippen LogP contribution in [0, 0.1) is 0 Å². The number of carbonyl (C=O) groups excluding carboxylic acids is 1. The molecule has 0 N–H and O–H groups in total. The van der Waals surface area contributed by atoms with Crippen molar-refractivity contribution in [3.05, 3.63) is 52.1 Å². The second-order valence-corrected chi connectivity index (χ2v) is 9.07. The van der Waals surface area contributed by atoms with E-state index in [4.69, 9.17) is 4.98 Å². The Morgan fingerprint density at radius 3 is 2.61 bits per heavy atom. The van der Waals surface area contributed by atoms with E-state index in [9.17, 15) is 9.59 Å². The van der Waals surface area contributed by atoms with Crippen molar-refractivity contribution in [2.75, 3.05) is 5.75 Å². The number of rotatable bonds is 4. The highest BCUT2D eigenvalue weighted by Gasteiger charge is 2.29. The van der Waals surface area contributed by atoms with E-state index in [0.717, 1.165) is 18.5 Å². The van der Waals surface area contributed by atoms with E-state index in [1.165, 1.54) is 29.5 Å². The highest BCUT2D eigenvalue weighted by Crippen LogP contribution is 2.27. The highest BCUT2D eigenvalue weighted by molar-refractivity contribution is 7.99. The summed E-state index contributed by atoms with van der Waals surface area (Å²) in [4.78, 5) is 33.4. The zero-order chi connectivity index (χ0) is 19.7. The summed E-state index contributed by atoms with van der Waals surface area (Å²) in [5.74, 6) is 0.398. The molecule has 0 bridgehead atoms. The van der Waals surface area contributed by atoms with Gasteiger partial charge in [0.05, 0.1) is 16.8 Å². The molecular formula is C21H23N3O2S2. The molecule has 4 rings (SSSR count). The van der Waals surface area contributed by atoms with E-state index in [0.29, 0.717) is 15.4 Å². The van der Waals surface area contributed by atoms with Crippen LogP contribution in [0.2, 0.25) is 0 Å². The van der Waals surface area contributed by atoms with Gasteiger partial charge in [-0.15, -0.1) is 11.3 Å². The lowest BCUT2D eigenvalue weighted by molar-refractivity contribution is -0.134. The number of carbonyl (C=O) groups is 1. The van der Waals surface area contributed by atoms with E-state index in [1.807, 2.05) is 46.7 Å². The van der Waals surface area contributed by atoms with Crippen LogP contribution in [0.3, 0.4) is 0 Å². The minimum absolute atomic E-state index is 0.0906. The molecule has 0 saturated carbocycles. The van der Waals surface area contributed by atoms with Crippen molar-refractivity contribution in [1.29, 1.82) is 0 Å². The molecule has 0 aliphatic carbocycles. The maximum absolute atomic E-state index is 13.1. The molecule has 1 fully saturated rings. The summed E-state index contributed by atoms with van der Waals surface area (Å²) in [6.07, 6.45) is 3.27. The summed E-state index contributed by atoms with van der Waals surface area (Å²) < 4.78 is 1.62. The summed E-state index contributed by atoms with van der Waals surface area (Å²) in [7, 11) is 0. The number of benzene rings is 1. The Hall–Kier alpha value is -2.12. The van der Waals surface area contributed by atoms with Gasteiger partial charge in [0, 0.05) is 12.1 Å². The van der Waals surface area contributed by atoms with Crippen molar-refractivity contribution in [2.45, 2.75) is 50.4 Å². The van der Waals surface area contributed by atoms with Gasteiger partial charge in [-0.2, -0.15) is 0 Å². The van der Waals surface area contributed by atoms with Crippen LogP contribution in [0.25, 0.3) is 15.9 Å². The number of hydrogen-bond acceptors (Lipinski definition) is 5. The second kappa shape index (κ2) is 8.09. The first-order chi connectivity index (χ1) is 13.6. The lowest BCUT2D eigenvalue weighted by atomic mass is 9.98. The van der Waals surface area contributed by atoms with Crippen molar-refractivity contribution < 1.29 is 4.79 Å². The van der Waals surface area contributed by atoms with Gasteiger partial charge in [0.15, 0.2) is 5.16 Å². The Morgan fingerprint density at radius 1 is 1.18 bits per heavy atom. The monoisotopic (exact) mass is 413 g/mol. The van der Waals surface area contributed by atoms with Crippen molar-refractivity contribution in [1.82, 2.24) is 14.5 Å². The normalized spacial score (nSPS) is 19.9. The predicted octanol–water partition coefficient (Wildman–Crippen LogP) is 4.33. The minimum Gasteiger partial charge on any atom is -0.337 e. The van der Waals surface area contributed by atoms with Crippen LogP contribution in [0.15, 0.2) is 51.7 Å². The molecule has 0 radical (unpaired) electrons. The van der Waals surface area contributed by atoms with Crippen LogP contribution in [0.5, 0.6) is 0 Å². The number of para-hydroxylation sites is 1. The Kier molecular flexibility index (Phi) is 5.55. The van der Waals surface area contributed by atoms with Gasteiger partial charge in [0.2, 0.25) is 5.91 Å². The molecule has 1 saturated heterocycles. The van der Waals surface area contributed by atoms with Crippen LogP contribution < -0.4 is 5.56 Å². The molecule has 7 heteroatoms. The van der Waals surface area contributed by atoms with E-state index in [2.05, 4.69) is 13.8 Å². The summed E-state index contributed by atoms with van der Waals surface area (Å²) in [5.41, 5.74) is 0.676. The number of fused-ring (bicyclic) bond motifs is 1. The summed E-state index contributed by atoms with van der Waals surface area (Å²) >= 11 is 2.80. The summed E-state index contributed by atoms with van der Waals surface area (Å²) in [5, 5.41) is 3.06. The molecule has 1 amide bonds. The fourth-order valence-corrected chi connectivity index (χ4v) is 5.60. The number of hydrogen-bond donors (Lipinski definition) is 0. The van der Waals surface area contributed by atoms with Crippen molar-refractivity contribution in [3.63, 3.8) is 0 Å². The third-order valence-corrected chi connectivity index (χ3v) is 7.02. The average molecular weight is 414 g/mol. The molecule has 2 aromatic heterocycles. The van der Waals surface area contributed by atoms with E-state index in [1.54, 1.807) is 4.57 Å². The van der Waals surface area contributed by atoms with Gasteiger partial charge in [0.25, 0.3) is 5.56 Å².